The van der Waals surface area contributed by atoms with Gasteiger partial charge in [0.2, 0.25) is 0 Å². The van der Waals surface area contributed by atoms with Crippen LogP contribution < -0.4 is 10.6 Å². The number of rotatable bonds is 9. The van der Waals surface area contributed by atoms with Crippen LogP contribution in [-0.2, 0) is 0 Å². The second-order valence-electron chi connectivity index (χ2n) is 4.87. The second kappa shape index (κ2) is 11.3. The van der Waals surface area contributed by atoms with Gasteiger partial charge in [0, 0.05) is 32.7 Å². The lowest BCUT2D eigenvalue weighted by Crippen LogP contribution is -2.42. The predicted molar refractivity (Wildman–Crippen MR) is 81.3 cm³/mol. The lowest BCUT2D eigenvalue weighted by molar-refractivity contribution is 0.255. The maximum Gasteiger partial charge on any atom is 0.191 e. The fourth-order valence-electron chi connectivity index (χ4n) is 1.69. The lowest BCUT2D eigenvalue weighted by Gasteiger charge is -2.23. The first-order valence-electron chi connectivity index (χ1n) is 7.30. The van der Waals surface area contributed by atoms with Gasteiger partial charge >= 0.3 is 0 Å². The molecule has 0 amide bonds. The highest BCUT2D eigenvalue weighted by atomic mass is 15.2. The summed E-state index contributed by atoms with van der Waals surface area (Å²) in [5.74, 6) is 0.920. The van der Waals surface area contributed by atoms with Crippen molar-refractivity contribution >= 4 is 5.96 Å². The van der Waals surface area contributed by atoms with E-state index in [1.165, 1.54) is 25.7 Å². The van der Waals surface area contributed by atoms with Crippen molar-refractivity contribution in [3.8, 4) is 0 Å². The molecule has 0 aromatic carbocycles. The Morgan fingerprint density at radius 1 is 1.17 bits per heavy atom. The van der Waals surface area contributed by atoms with E-state index < -0.39 is 0 Å². The topological polar surface area (TPSA) is 39.7 Å². The SMILES string of the molecule is CCCCCNC(=NC)NCCN(C)C(C)CC. The van der Waals surface area contributed by atoms with Crippen molar-refractivity contribution in [3.05, 3.63) is 0 Å². The van der Waals surface area contributed by atoms with Crippen molar-refractivity contribution < 1.29 is 0 Å². The minimum absolute atomic E-state index is 0.645. The average Bonchev–Trinajstić information content (AvgIpc) is 2.40. The molecule has 0 saturated carbocycles. The van der Waals surface area contributed by atoms with Crippen molar-refractivity contribution in [2.75, 3.05) is 33.7 Å². The van der Waals surface area contributed by atoms with E-state index in [0.29, 0.717) is 6.04 Å². The highest BCUT2D eigenvalue weighted by Gasteiger charge is 2.05. The van der Waals surface area contributed by atoms with Crippen LogP contribution in [0.5, 0.6) is 0 Å². The first-order chi connectivity index (χ1) is 8.65. The Kier molecular flexibility index (Phi) is 10.8. The van der Waals surface area contributed by atoms with Crippen LogP contribution in [0.1, 0.15) is 46.5 Å². The van der Waals surface area contributed by atoms with Crippen LogP contribution in [-0.4, -0.2) is 50.6 Å². The van der Waals surface area contributed by atoms with Gasteiger partial charge in [-0.05, 0) is 26.8 Å². The number of aliphatic imine (C=N–C) groups is 1. The molecule has 4 heteroatoms. The molecule has 0 aliphatic heterocycles. The summed E-state index contributed by atoms with van der Waals surface area (Å²) in [6.07, 6.45) is 4.94. The van der Waals surface area contributed by atoms with E-state index in [2.05, 4.69) is 48.3 Å². The van der Waals surface area contributed by atoms with E-state index >= 15 is 0 Å². The van der Waals surface area contributed by atoms with Crippen molar-refractivity contribution in [2.45, 2.75) is 52.5 Å². The number of likely N-dealkylation sites (N-methyl/N-ethyl adjacent to an activating group) is 1. The molecule has 0 spiro atoms. The van der Waals surface area contributed by atoms with E-state index in [0.717, 1.165) is 25.6 Å². The Balaban J connectivity index is 3.68. The second-order valence-corrected chi connectivity index (χ2v) is 4.87. The van der Waals surface area contributed by atoms with Crippen molar-refractivity contribution in [3.63, 3.8) is 0 Å². The highest BCUT2D eigenvalue weighted by Crippen LogP contribution is 1.98. The van der Waals surface area contributed by atoms with Crippen LogP contribution in [0.25, 0.3) is 0 Å². The van der Waals surface area contributed by atoms with Gasteiger partial charge in [-0.3, -0.25) is 4.99 Å². The molecule has 0 aliphatic carbocycles. The summed E-state index contributed by atoms with van der Waals surface area (Å²) < 4.78 is 0. The summed E-state index contributed by atoms with van der Waals surface area (Å²) in [5, 5.41) is 6.69. The summed E-state index contributed by atoms with van der Waals surface area (Å²) in [6.45, 7) is 9.70. The van der Waals surface area contributed by atoms with Gasteiger partial charge < -0.3 is 15.5 Å². The zero-order valence-corrected chi connectivity index (χ0v) is 12.9. The molecule has 18 heavy (non-hydrogen) atoms. The minimum atomic E-state index is 0.645. The molecule has 0 aliphatic rings. The maximum atomic E-state index is 4.22. The van der Waals surface area contributed by atoms with E-state index in [9.17, 15) is 0 Å². The molecule has 2 N–H and O–H groups in total. The number of hydrogen-bond donors (Lipinski definition) is 2. The minimum Gasteiger partial charge on any atom is -0.356 e. The summed E-state index contributed by atoms with van der Waals surface area (Å²) >= 11 is 0. The van der Waals surface area contributed by atoms with Gasteiger partial charge in [0.15, 0.2) is 5.96 Å². The Morgan fingerprint density at radius 3 is 2.39 bits per heavy atom. The van der Waals surface area contributed by atoms with E-state index in [1.807, 2.05) is 7.05 Å². The molecule has 0 radical (unpaired) electrons. The van der Waals surface area contributed by atoms with Gasteiger partial charge in [-0.2, -0.15) is 0 Å². The molecular weight excluding hydrogens is 224 g/mol. The third kappa shape index (κ3) is 8.34. The quantitative estimate of drug-likeness (QED) is 0.377. The summed E-state index contributed by atoms with van der Waals surface area (Å²) in [6, 6.07) is 0.645. The van der Waals surface area contributed by atoms with Crippen molar-refractivity contribution in [1.29, 1.82) is 0 Å². The molecule has 0 aromatic rings. The van der Waals surface area contributed by atoms with Gasteiger partial charge in [0.05, 0.1) is 0 Å². The lowest BCUT2D eigenvalue weighted by atomic mass is 10.2. The zero-order chi connectivity index (χ0) is 13.8. The largest absolute Gasteiger partial charge is 0.356 e. The number of nitrogens with one attached hydrogen (secondary N) is 2. The van der Waals surface area contributed by atoms with Crippen LogP contribution in [0.15, 0.2) is 4.99 Å². The molecule has 0 bridgehead atoms. The molecule has 0 saturated heterocycles. The van der Waals surface area contributed by atoms with Crippen LogP contribution >= 0.6 is 0 Å². The van der Waals surface area contributed by atoms with Crippen LogP contribution in [0.3, 0.4) is 0 Å². The molecule has 0 fully saturated rings. The Bertz CT molecular complexity index is 216. The predicted octanol–water partition coefficient (Wildman–Crippen LogP) is 2.07. The third-order valence-corrected chi connectivity index (χ3v) is 3.40. The first-order valence-corrected chi connectivity index (χ1v) is 7.30. The zero-order valence-electron chi connectivity index (χ0n) is 12.9. The number of unbranched alkanes of at least 4 members (excludes halogenated alkanes) is 2. The fourth-order valence-corrected chi connectivity index (χ4v) is 1.69. The number of guanidine groups is 1. The summed E-state index contributed by atoms with van der Waals surface area (Å²) in [7, 11) is 4.00. The highest BCUT2D eigenvalue weighted by molar-refractivity contribution is 5.79. The summed E-state index contributed by atoms with van der Waals surface area (Å²) in [4.78, 5) is 6.60. The van der Waals surface area contributed by atoms with E-state index in [1.54, 1.807) is 0 Å². The molecule has 1 atom stereocenters. The van der Waals surface area contributed by atoms with Gasteiger partial charge in [-0.1, -0.05) is 26.7 Å². The summed E-state index contributed by atoms with van der Waals surface area (Å²) in [5.41, 5.74) is 0. The maximum absolute atomic E-state index is 4.22. The molecule has 4 nitrogen and oxygen atoms in total. The monoisotopic (exact) mass is 256 g/mol. The normalized spacial score (nSPS) is 13.8. The van der Waals surface area contributed by atoms with Crippen LogP contribution in [0.2, 0.25) is 0 Å². The van der Waals surface area contributed by atoms with Gasteiger partial charge in [0.1, 0.15) is 0 Å². The van der Waals surface area contributed by atoms with E-state index in [4.69, 9.17) is 0 Å². The fraction of sp³-hybridized carbons (Fsp3) is 0.929. The smallest absolute Gasteiger partial charge is 0.191 e. The Morgan fingerprint density at radius 2 is 1.83 bits per heavy atom. The molecule has 0 heterocycles. The van der Waals surface area contributed by atoms with Crippen molar-refractivity contribution in [1.82, 2.24) is 15.5 Å². The Labute approximate surface area is 113 Å². The van der Waals surface area contributed by atoms with Crippen LogP contribution in [0.4, 0.5) is 0 Å². The van der Waals surface area contributed by atoms with Crippen molar-refractivity contribution in [2.24, 2.45) is 4.99 Å². The van der Waals surface area contributed by atoms with E-state index in [-0.39, 0.29) is 0 Å². The molecular formula is C14H32N4. The molecule has 1 unspecified atom stereocenters. The molecule has 0 aromatic heterocycles. The number of nitrogens with zero attached hydrogens (tertiary/aromatic N) is 2. The number of hydrogen-bond acceptors (Lipinski definition) is 2. The van der Waals surface area contributed by atoms with Gasteiger partial charge in [-0.15, -0.1) is 0 Å². The molecule has 108 valence electrons. The third-order valence-electron chi connectivity index (χ3n) is 3.40. The molecule has 0 rings (SSSR count). The standard InChI is InChI=1S/C14H32N4/c1-6-8-9-10-16-14(15-4)17-11-12-18(5)13(3)7-2/h13H,6-12H2,1-5H3,(H2,15,16,17). The van der Waals surface area contributed by atoms with Crippen LogP contribution in [0, 0.1) is 0 Å². The van der Waals surface area contributed by atoms with Gasteiger partial charge in [-0.25, -0.2) is 0 Å². The first kappa shape index (κ1) is 17.2. The Hall–Kier alpha value is -0.770. The average molecular weight is 256 g/mol. The van der Waals surface area contributed by atoms with Gasteiger partial charge in [0.25, 0.3) is 0 Å².